The van der Waals surface area contributed by atoms with Crippen LogP contribution >= 0.6 is 0 Å². The first kappa shape index (κ1) is 18.1. The molecule has 6 nitrogen and oxygen atoms in total. The van der Waals surface area contributed by atoms with Crippen LogP contribution in [0.2, 0.25) is 0 Å². The lowest BCUT2D eigenvalue weighted by molar-refractivity contribution is 0.00282. The molecule has 0 aliphatic carbocycles. The standard InChI is InChI=1S/C17H24F2N4O2/c1-12-8-21-15(9-20-12)16(24)22-5-3-13(4-6-22)23-11-17(18,19)7-14(23)10-25-2/h8-9,13-14H,3-7,10-11H2,1-2H3/t14-/m0/s1. The molecule has 138 valence electrons. The van der Waals surface area contributed by atoms with E-state index in [1.54, 1.807) is 18.2 Å². The zero-order valence-electron chi connectivity index (χ0n) is 14.6. The Kier molecular flexibility index (Phi) is 5.29. The van der Waals surface area contributed by atoms with Gasteiger partial charge in [0.2, 0.25) is 0 Å². The first-order valence-corrected chi connectivity index (χ1v) is 8.60. The molecule has 8 heteroatoms. The average molecular weight is 354 g/mol. The Balaban J connectivity index is 1.59. The monoisotopic (exact) mass is 354 g/mol. The summed E-state index contributed by atoms with van der Waals surface area (Å²) in [6.07, 6.45) is 4.27. The molecule has 3 rings (SSSR count). The van der Waals surface area contributed by atoms with Crippen LogP contribution in [0.3, 0.4) is 0 Å². The minimum atomic E-state index is -2.66. The summed E-state index contributed by atoms with van der Waals surface area (Å²) >= 11 is 0. The minimum Gasteiger partial charge on any atom is -0.383 e. The number of alkyl halides is 2. The van der Waals surface area contributed by atoms with Crippen molar-refractivity contribution in [2.75, 3.05) is 33.4 Å². The van der Waals surface area contributed by atoms with E-state index in [-0.39, 0.29) is 31.0 Å². The fraction of sp³-hybridized carbons (Fsp3) is 0.706. The van der Waals surface area contributed by atoms with Crippen LogP contribution in [0.15, 0.2) is 12.4 Å². The van der Waals surface area contributed by atoms with E-state index < -0.39 is 5.92 Å². The van der Waals surface area contributed by atoms with E-state index in [1.807, 2.05) is 11.8 Å². The summed E-state index contributed by atoms with van der Waals surface area (Å²) in [6, 6.07) is -0.197. The predicted octanol–water partition coefficient (Wildman–Crippen LogP) is 1.75. The summed E-state index contributed by atoms with van der Waals surface area (Å²) in [6.45, 7) is 2.99. The van der Waals surface area contributed by atoms with E-state index in [1.165, 1.54) is 6.20 Å². The number of likely N-dealkylation sites (tertiary alicyclic amines) is 2. The molecule has 1 atom stereocenters. The molecule has 2 aliphatic rings. The Hall–Kier alpha value is -1.67. The molecule has 3 heterocycles. The second kappa shape index (κ2) is 7.29. The molecule has 2 saturated heterocycles. The molecular weight excluding hydrogens is 330 g/mol. The van der Waals surface area contributed by atoms with Gasteiger partial charge in [-0.05, 0) is 19.8 Å². The summed E-state index contributed by atoms with van der Waals surface area (Å²) in [7, 11) is 1.54. The molecule has 0 spiro atoms. The first-order valence-electron chi connectivity index (χ1n) is 8.60. The zero-order valence-corrected chi connectivity index (χ0v) is 14.6. The average Bonchev–Trinajstić information content (AvgIpc) is 2.90. The highest BCUT2D eigenvalue weighted by Crippen LogP contribution is 2.35. The van der Waals surface area contributed by atoms with E-state index in [0.717, 1.165) is 5.69 Å². The summed E-state index contributed by atoms with van der Waals surface area (Å²) in [5, 5.41) is 0. The largest absolute Gasteiger partial charge is 0.383 e. The second-order valence-corrected chi connectivity index (χ2v) is 6.91. The molecule has 0 aromatic carbocycles. The number of piperidine rings is 1. The van der Waals surface area contributed by atoms with Crippen LogP contribution in [0.4, 0.5) is 8.78 Å². The third-order valence-corrected chi connectivity index (χ3v) is 5.00. The van der Waals surface area contributed by atoms with Gasteiger partial charge in [-0.3, -0.25) is 14.7 Å². The van der Waals surface area contributed by atoms with E-state index in [4.69, 9.17) is 4.74 Å². The van der Waals surface area contributed by atoms with Crippen LogP contribution in [0.5, 0.6) is 0 Å². The van der Waals surface area contributed by atoms with E-state index in [2.05, 4.69) is 9.97 Å². The number of hydrogen-bond acceptors (Lipinski definition) is 5. The zero-order chi connectivity index (χ0) is 18.0. The Morgan fingerprint density at radius 1 is 1.32 bits per heavy atom. The predicted molar refractivity (Wildman–Crippen MR) is 87.6 cm³/mol. The van der Waals surface area contributed by atoms with Gasteiger partial charge in [-0.1, -0.05) is 0 Å². The number of amides is 1. The summed E-state index contributed by atoms with van der Waals surface area (Å²) in [5.41, 5.74) is 1.09. The van der Waals surface area contributed by atoms with Gasteiger partial charge in [0.15, 0.2) is 0 Å². The summed E-state index contributed by atoms with van der Waals surface area (Å²) < 4.78 is 32.7. The van der Waals surface area contributed by atoms with Crippen molar-refractivity contribution in [3.8, 4) is 0 Å². The number of carbonyl (C=O) groups excluding carboxylic acids is 1. The fourth-order valence-electron chi connectivity index (χ4n) is 3.76. The molecule has 1 aromatic heterocycles. The molecule has 1 amide bonds. The molecule has 1 aromatic rings. The molecule has 25 heavy (non-hydrogen) atoms. The van der Waals surface area contributed by atoms with Crippen LogP contribution in [0, 0.1) is 6.92 Å². The van der Waals surface area contributed by atoms with Crippen molar-refractivity contribution >= 4 is 5.91 Å². The molecule has 2 aliphatic heterocycles. The van der Waals surface area contributed by atoms with Crippen molar-refractivity contribution in [1.82, 2.24) is 19.8 Å². The van der Waals surface area contributed by atoms with Gasteiger partial charge in [0.05, 0.1) is 25.0 Å². The first-order chi connectivity index (χ1) is 11.9. The van der Waals surface area contributed by atoms with Gasteiger partial charge in [-0.2, -0.15) is 0 Å². The van der Waals surface area contributed by atoms with Gasteiger partial charge in [0.1, 0.15) is 5.69 Å². The lowest BCUT2D eigenvalue weighted by Crippen LogP contribution is -2.49. The fourth-order valence-corrected chi connectivity index (χ4v) is 3.76. The molecule has 0 unspecified atom stereocenters. The molecule has 0 N–H and O–H groups in total. The number of ether oxygens (including phenoxy) is 1. The van der Waals surface area contributed by atoms with E-state index >= 15 is 0 Å². The Bertz CT molecular complexity index is 603. The van der Waals surface area contributed by atoms with Crippen molar-refractivity contribution in [1.29, 1.82) is 0 Å². The molecule has 0 saturated carbocycles. The van der Waals surface area contributed by atoms with Crippen LogP contribution in [-0.2, 0) is 4.74 Å². The summed E-state index contributed by atoms with van der Waals surface area (Å²) in [5.74, 6) is -2.81. The van der Waals surface area contributed by atoms with Crippen molar-refractivity contribution in [2.24, 2.45) is 0 Å². The van der Waals surface area contributed by atoms with Crippen LogP contribution < -0.4 is 0 Å². The number of aryl methyl sites for hydroxylation is 1. The third kappa shape index (κ3) is 4.12. The quantitative estimate of drug-likeness (QED) is 0.824. The number of halogens is 2. The minimum absolute atomic E-state index is 0.0571. The maximum absolute atomic E-state index is 13.8. The number of hydrogen-bond donors (Lipinski definition) is 0. The van der Waals surface area contributed by atoms with Gasteiger partial charge in [-0.25, -0.2) is 13.8 Å². The summed E-state index contributed by atoms with van der Waals surface area (Å²) in [4.78, 5) is 24.3. The SMILES string of the molecule is COC[C@@H]1CC(F)(F)CN1C1CCN(C(=O)c2cnc(C)cn2)CC1. The van der Waals surface area contributed by atoms with Gasteiger partial charge in [-0.15, -0.1) is 0 Å². The lowest BCUT2D eigenvalue weighted by atomic mass is 10.0. The second-order valence-electron chi connectivity index (χ2n) is 6.91. The molecule has 0 bridgehead atoms. The maximum atomic E-state index is 13.8. The Morgan fingerprint density at radius 2 is 2.04 bits per heavy atom. The topological polar surface area (TPSA) is 58.6 Å². The van der Waals surface area contributed by atoms with Crippen molar-refractivity contribution < 1.29 is 18.3 Å². The van der Waals surface area contributed by atoms with Crippen LogP contribution in [0.1, 0.15) is 35.4 Å². The smallest absolute Gasteiger partial charge is 0.274 e. The number of nitrogens with zero attached hydrogens (tertiary/aromatic N) is 4. The lowest BCUT2D eigenvalue weighted by Gasteiger charge is -2.38. The Morgan fingerprint density at radius 3 is 2.64 bits per heavy atom. The molecule has 0 radical (unpaired) electrons. The normalized spacial score (nSPS) is 24.6. The highest BCUT2D eigenvalue weighted by molar-refractivity contribution is 5.92. The number of methoxy groups -OCH3 is 1. The highest BCUT2D eigenvalue weighted by atomic mass is 19.3. The maximum Gasteiger partial charge on any atom is 0.274 e. The number of carbonyl (C=O) groups is 1. The van der Waals surface area contributed by atoms with Gasteiger partial charge >= 0.3 is 0 Å². The van der Waals surface area contributed by atoms with E-state index in [9.17, 15) is 13.6 Å². The number of rotatable bonds is 4. The van der Waals surface area contributed by atoms with Crippen LogP contribution in [-0.4, -0.2) is 77.0 Å². The highest BCUT2D eigenvalue weighted by Gasteiger charge is 2.47. The molecular formula is C17H24F2N4O2. The van der Waals surface area contributed by atoms with Crippen molar-refractivity contribution in [2.45, 2.75) is 44.2 Å². The van der Waals surface area contributed by atoms with Crippen molar-refractivity contribution in [3.05, 3.63) is 23.8 Å². The third-order valence-electron chi connectivity index (χ3n) is 5.00. The number of aromatic nitrogens is 2. The molecule has 2 fully saturated rings. The van der Waals surface area contributed by atoms with Crippen LogP contribution in [0.25, 0.3) is 0 Å². The Labute approximate surface area is 146 Å². The van der Waals surface area contributed by atoms with Crippen molar-refractivity contribution in [3.63, 3.8) is 0 Å². The van der Waals surface area contributed by atoms with Gasteiger partial charge in [0.25, 0.3) is 11.8 Å². The van der Waals surface area contributed by atoms with E-state index in [0.29, 0.717) is 38.2 Å². The van der Waals surface area contributed by atoms with Gasteiger partial charge in [0, 0.05) is 44.9 Å². The van der Waals surface area contributed by atoms with Gasteiger partial charge < -0.3 is 9.64 Å².